The summed E-state index contributed by atoms with van der Waals surface area (Å²) in [5.74, 6) is -2.46. The summed E-state index contributed by atoms with van der Waals surface area (Å²) in [6, 6.07) is 0. The fourth-order valence-electron chi connectivity index (χ4n) is 1.42. The lowest BCUT2D eigenvalue weighted by molar-refractivity contribution is -0.163. The summed E-state index contributed by atoms with van der Waals surface area (Å²) in [7, 11) is 0. The number of ether oxygens (including phenoxy) is 3. The van der Waals surface area contributed by atoms with E-state index in [9.17, 15) is 14.7 Å². The van der Waals surface area contributed by atoms with Crippen LogP contribution in [0.15, 0.2) is 0 Å². The van der Waals surface area contributed by atoms with E-state index >= 15 is 0 Å². The Labute approximate surface area is 114 Å². The van der Waals surface area contributed by atoms with E-state index in [4.69, 9.17) is 14.2 Å². The molecule has 0 heterocycles. The van der Waals surface area contributed by atoms with Gasteiger partial charge in [-0.2, -0.15) is 0 Å². The third-order valence-electron chi connectivity index (χ3n) is 2.27. The molecule has 1 atom stereocenters. The van der Waals surface area contributed by atoms with Crippen molar-refractivity contribution in [2.24, 2.45) is 5.92 Å². The van der Waals surface area contributed by atoms with Gasteiger partial charge in [0, 0.05) is 0 Å². The predicted octanol–water partition coefficient (Wildman–Crippen LogP) is 0.905. The zero-order valence-electron chi connectivity index (χ0n) is 12.0. The molecule has 0 aliphatic carbocycles. The smallest absolute Gasteiger partial charge is 0.320 e. The van der Waals surface area contributed by atoms with Crippen molar-refractivity contribution in [3.63, 3.8) is 0 Å². The van der Waals surface area contributed by atoms with E-state index in [2.05, 4.69) is 0 Å². The molecule has 0 radical (unpaired) electrons. The topological polar surface area (TPSA) is 82.1 Å². The lowest BCUT2D eigenvalue weighted by Gasteiger charge is -2.18. The van der Waals surface area contributed by atoms with Gasteiger partial charge in [-0.25, -0.2) is 0 Å². The number of aliphatic hydroxyl groups excluding tert-OH is 1. The Balaban J connectivity index is 4.48. The minimum Gasteiger partial charge on any atom is -0.465 e. The highest BCUT2D eigenvalue weighted by Gasteiger charge is 2.31. The average molecular weight is 276 g/mol. The molecule has 0 aromatic heterocycles. The van der Waals surface area contributed by atoms with Crippen LogP contribution in [-0.4, -0.2) is 49.1 Å². The molecule has 0 spiro atoms. The number of carbonyl (C=O) groups is 2. The van der Waals surface area contributed by atoms with Crippen molar-refractivity contribution in [1.29, 1.82) is 0 Å². The third kappa shape index (κ3) is 7.79. The average Bonchev–Trinajstić information content (AvgIpc) is 2.33. The molecule has 0 fully saturated rings. The maximum absolute atomic E-state index is 11.7. The molecule has 0 amide bonds. The minimum absolute atomic E-state index is 0.0294. The van der Waals surface area contributed by atoms with Crippen LogP contribution in [0.3, 0.4) is 0 Å². The van der Waals surface area contributed by atoms with Crippen LogP contribution < -0.4 is 0 Å². The standard InChI is InChI=1S/C13H24O6/c1-5-17-12(15)11(13(16)18-6-2)7-10(14)8-19-9(3)4/h9-11,14H,5-8H2,1-4H3. The maximum atomic E-state index is 11.7. The van der Waals surface area contributed by atoms with Gasteiger partial charge in [0.2, 0.25) is 0 Å². The van der Waals surface area contributed by atoms with Crippen molar-refractivity contribution in [3.8, 4) is 0 Å². The van der Waals surface area contributed by atoms with Crippen LogP contribution >= 0.6 is 0 Å². The van der Waals surface area contributed by atoms with Crippen LogP contribution in [0, 0.1) is 5.92 Å². The third-order valence-corrected chi connectivity index (χ3v) is 2.27. The van der Waals surface area contributed by atoms with Gasteiger partial charge >= 0.3 is 11.9 Å². The van der Waals surface area contributed by atoms with E-state index in [1.165, 1.54) is 0 Å². The largest absolute Gasteiger partial charge is 0.465 e. The highest BCUT2D eigenvalue weighted by molar-refractivity contribution is 5.94. The van der Waals surface area contributed by atoms with Crippen molar-refractivity contribution < 1.29 is 28.9 Å². The van der Waals surface area contributed by atoms with Crippen LogP contribution in [0.25, 0.3) is 0 Å². The molecule has 112 valence electrons. The summed E-state index contributed by atoms with van der Waals surface area (Å²) in [4.78, 5) is 23.3. The second kappa shape index (κ2) is 9.75. The lowest BCUT2D eigenvalue weighted by atomic mass is 10.0. The highest BCUT2D eigenvalue weighted by atomic mass is 16.6. The molecular formula is C13H24O6. The van der Waals surface area contributed by atoms with E-state index in [1.807, 2.05) is 13.8 Å². The number of aliphatic hydroxyl groups is 1. The number of hydrogen-bond donors (Lipinski definition) is 1. The van der Waals surface area contributed by atoms with E-state index in [0.29, 0.717) is 0 Å². The Hall–Kier alpha value is -1.14. The molecule has 1 unspecified atom stereocenters. The summed E-state index contributed by atoms with van der Waals surface area (Å²) in [6.45, 7) is 7.38. The molecule has 6 heteroatoms. The summed E-state index contributed by atoms with van der Waals surface area (Å²) < 4.78 is 14.8. The van der Waals surface area contributed by atoms with Gasteiger partial charge in [-0.15, -0.1) is 0 Å². The monoisotopic (exact) mass is 276 g/mol. The maximum Gasteiger partial charge on any atom is 0.320 e. The van der Waals surface area contributed by atoms with E-state index in [1.54, 1.807) is 13.8 Å². The van der Waals surface area contributed by atoms with Gasteiger partial charge in [-0.05, 0) is 34.1 Å². The zero-order valence-corrected chi connectivity index (χ0v) is 12.0. The molecule has 0 aromatic carbocycles. The summed E-state index contributed by atoms with van der Waals surface area (Å²) in [5.41, 5.74) is 0. The Morgan fingerprint density at radius 3 is 1.89 bits per heavy atom. The number of hydrogen-bond acceptors (Lipinski definition) is 6. The van der Waals surface area contributed by atoms with Crippen LogP contribution in [0.1, 0.15) is 34.1 Å². The Bertz CT molecular complexity index is 258. The minimum atomic E-state index is -1.11. The molecule has 0 rings (SSSR count). The van der Waals surface area contributed by atoms with Crippen molar-refractivity contribution >= 4 is 11.9 Å². The molecule has 0 saturated heterocycles. The first-order valence-corrected chi connectivity index (χ1v) is 6.55. The summed E-state index contributed by atoms with van der Waals surface area (Å²) in [6.07, 6.45) is -1.01. The van der Waals surface area contributed by atoms with Crippen molar-refractivity contribution in [3.05, 3.63) is 0 Å². The van der Waals surface area contributed by atoms with Crippen molar-refractivity contribution in [2.75, 3.05) is 19.8 Å². The quantitative estimate of drug-likeness (QED) is 0.498. The number of rotatable bonds is 9. The molecule has 0 aliphatic heterocycles. The second-order valence-electron chi connectivity index (χ2n) is 4.33. The SMILES string of the molecule is CCOC(=O)C(CC(O)COC(C)C)C(=O)OCC. The van der Waals surface area contributed by atoms with Gasteiger partial charge in [0.25, 0.3) is 0 Å². The van der Waals surface area contributed by atoms with Gasteiger partial charge in [-0.3, -0.25) is 9.59 Å². The number of carbonyl (C=O) groups excluding carboxylic acids is 2. The molecule has 1 N–H and O–H groups in total. The molecule has 0 aromatic rings. The molecule has 0 saturated carbocycles. The first kappa shape index (κ1) is 17.9. The van der Waals surface area contributed by atoms with E-state index in [-0.39, 0.29) is 32.3 Å². The van der Waals surface area contributed by atoms with Crippen LogP contribution in [0.4, 0.5) is 0 Å². The van der Waals surface area contributed by atoms with Crippen LogP contribution in [0.5, 0.6) is 0 Å². The second-order valence-corrected chi connectivity index (χ2v) is 4.33. The first-order valence-electron chi connectivity index (χ1n) is 6.55. The van der Waals surface area contributed by atoms with E-state index < -0.39 is 24.0 Å². The van der Waals surface area contributed by atoms with E-state index in [0.717, 1.165) is 0 Å². The molecule has 0 aliphatic rings. The number of esters is 2. The van der Waals surface area contributed by atoms with Crippen LogP contribution in [0.2, 0.25) is 0 Å². The van der Waals surface area contributed by atoms with Gasteiger partial charge in [0.1, 0.15) is 0 Å². The van der Waals surface area contributed by atoms with Gasteiger partial charge in [0.15, 0.2) is 5.92 Å². The molecule has 0 bridgehead atoms. The van der Waals surface area contributed by atoms with Crippen molar-refractivity contribution in [2.45, 2.75) is 46.3 Å². The van der Waals surface area contributed by atoms with Crippen LogP contribution in [-0.2, 0) is 23.8 Å². The molecular weight excluding hydrogens is 252 g/mol. The Morgan fingerprint density at radius 1 is 1.05 bits per heavy atom. The normalized spacial score (nSPS) is 12.6. The Kier molecular flexibility index (Phi) is 9.16. The van der Waals surface area contributed by atoms with Gasteiger partial charge < -0.3 is 19.3 Å². The van der Waals surface area contributed by atoms with Gasteiger partial charge in [0.05, 0.1) is 32.0 Å². The lowest BCUT2D eigenvalue weighted by Crippen LogP contribution is -2.33. The summed E-state index contributed by atoms with van der Waals surface area (Å²) in [5, 5.41) is 9.76. The summed E-state index contributed by atoms with van der Waals surface area (Å²) >= 11 is 0. The predicted molar refractivity (Wildman–Crippen MR) is 68.5 cm³/mol. The molecule has 6 nitrogen and oxygen atoms in total. The Morgan fingerprint density at radius 2 is 1.53 bits per heavy atom. The van der Waals surface area contributed by atoms with Crippen molar-refractivity contribution in [1.82, 2.24) is 0 Å². The zero-order chi connectivity index (χ0) is 14.8. The first-order chi connectivity index (χ1) is 8.92. The molecule has 19 heavy (non-hydrogen) atoms. The highest BCUT2D eigenvalue weighted by Crippen LogP contribution is 2.13. The fourth-order valence-corrected chi connectivity index (χ4v) is 1.42. The fraction of sp³-hybridized carbons (Fsp3) is 0.846. The van der Waals surface area contributed by atoms with Gasteiger partial charge in [-0.1, -0.05) is 0 Å².